The summed E-state index contributed by atoms with van der Waals surface area (Å²) in [5.41, 5.74) is 1.80. The van der Waals surface area contributed by atoms with Gasteiger partial charge in [0.25, 0.3) is 5.91 Å². The number of carbonyl (C=O) groups excluding carboxylic acids is 2. The molecule has 31 heavy (non-hydrogen) atoms. The number of rotatable bonds is 5. The molecule has 8 heteroatoms. The van der Waals surface area contributed by atoms with Crippen LogP contribution in [0.2, 0.25) is 0 Å². The number of nitrogens with zero attached hydrogens (tertiary/aromatic N) is 1. The van der Waals surface area contributed by atoms with Crippen molar-refractivity contribution in [3.8, 4) is 11.5 Å². The number of hydrogen-bond donors (Lipinski definition) is 0. The van der Waals surface area contributed by atoms with Crippen molar-refractivity contribution in [3.63, 3.8) is 0 Å². The van der Waals surface area contributed by atoms with Crippen LogP contribution in [-0.2, 0) is 16.0 Å². The molecule has 0 bridgehead atoms. The molecule has 1 aliphatic heterocycles. The Kier molecular flexibility index (Phi) is 5.82. The topological polar surface area (TPSA) is 65.1 Å². The van der Waals surface area contributed by atoms with Gasteiger partial charge >= 0.3 is 5.97 Å². The van der Waals surface area contributed by atoms with Gasteiger partial charge in [-0.2, -0.15) is 0 Å². The predicted molar refractivity (Wildman–Crippen MR) is 115 cm³/mol. The maximum Gasteiger partial charge on any atom is 0.307 e. The molecule has 0 spiro atoms. The van der Waals surface area contributed by atoms with E-state index in [1.165, 1.54) is 31.6 Å². The van der Waals surface area contributed by atoms with Gasteiger partial charge in [0.1, 0.15) is 5.82 Å². The van der Waals surface area contributed by atoms with Gasteiger partial charge in [0.05, 0.1) is 38.7 Å². The van der Waals surface area contributed by atoms with Gasteiger partial charge in [0.15, 0.2) is 11.5 Å². The summed E-state index contributed by atoms with van der Waals surface area (Å²) in [5, 5.41) is 0.421. The Labute approximate surface area is 183 Å². The molecule has 4 rings (SSSR count). The van der Waals surface area contributed by atoms with Crippen LogP contribution >= 0.6 is 11.3 Å². The predicted octanol–water partition coefficient (Wildman–Crippen LogP) is 4.36. The van der Waals surface area contributed by atoms with E-state index < -0.39 is 12.0 Å². The van der Waals surface area contributed by atoms with E-state index in [0.717, 1.165) is 11.1 Å². The number of amides is 1. The first-order valence-corrected chi connectivity index (χ1v) is 10.6. The molecule has 1 atom stereocenters. The van der Waals surface area contributed by atoms with Crippen LogP contribution in [0.3, 0.4) is 0 Å². The minimum absolute atomic E-state index is 0.00395. The third-order valence-electron chi connectivity index (χ3n) is 5.57. The lowest BCUT2D eigenvalue weighted by Gasteiger charge is -2.37. The van der Waals surface area contributed by atoms with Crippen LogP contribution in [0.5, 0.6) is 11.5 Å². The van der Waals surface area contributed by atoms with Gasteiger partial charge < -0.3 is 19.1 Å². The highest BCUT2D eigenvalue weighted by Gasteiger charge is 2.35. The number of hydrogen-bond acceptors (Lipinski definition) is 6. The third-order valence-corrected chi connectivity index (χ3v) is 6.66. The van der Waals surface area contributed by atoms with Crippen LogP contribution in [0.25, 0.3) is 10.1 Å². The Morgan fingerprint density at radius 1 is 1.13 bits per heavy atom. The fourth-order valence-electron chi connectivity index (χ4n) is 4.00. The Morgan fingerprint density at radius 3 is 2.55 bits per heavy atom. The summed E-state index contributed by atoms with van der Waals surface area (Å²) in [6, 6.07) is 9.53. The summed E-state index contributed by atoms with van der Waals surface area (Å²) in [4.78, 5) is 27.7. The number of benzene rings is 2. The van der Waals surface area contributed by atoms with E-state index in [1.54, 1.807) is 30.2 Å². The van der Waals surface area contributed by atoms with Crippen LogP contribution in [-0.4, -0.2) is 44.7 Å². The summed E-state index contributed by atoms with van der Waals surface area (Å²) >= 11 is 1.24. The van der Waals surface area contributed by atoms with E-state index in [2.05, 4.69) is 0 Å². The fourth-order valence-corrected chi connectivity index (χ4v) is 5.04. The maximum absolute atomic E-state index is 14.1. The van der Waals surface area contributed by atoms with E-state index in [1.807, 2.05) is 12.1 Å². The standard InChI is InChI=1S/C23H22FNO5S/c1-28-18-9-13-7-8-25(17(12-22(26)30-3)14(13)10-19(18)29-2)23(27)21-11-15-16(24)5-4-6-20(15)31-21/h4-6,9-11,17H,7-8,12H2,1-3H3. The molecule has 6 nitrogen and oxygen atoms in total. The summed E-state index contributed by atoms with van der Waals surface area (Å²) in [7, 11) is 4.42. The average Bonchev–Trinajstić information content (AvgIpc) is 3.23. The van der Waals surface area contributed by atoms with Crippen molar-refractivity contribution in [2.75, 3.05) is 27.9 Å². The van der Waals surface area contributed by atoms with Gasteiger partial charge in [-0.3, -0.25) is 9.59 Å². The van der Waals surface area contributed by atoms with Crippen LogP contribution in [0, 0.1) is 5.82 Å². The normalized spacial score (nSPS) is 15.5. The fraction of sp³-hybridized carbons (Fsp3) is 0.304. The first kappa shape index (κ1) is 21.1. The van der Waals surface area contributed by atoms with E-state index in [0.29, 0.717) is 39.4 Å². The van der Waals surface area contributed by atoms with Crippen molar-refractivity contribution in [3.05, 3.63) is 58.2 Å². The molecule has 2 heterocycles. The van der Waals surface area contributed by atoms with Crippen molar-refractivity contribution in [1.29, 1.82) is 0 Å². The van der Waals surface area contributed by atoms with Crippen LogP contribution in [0.1, 0.15) is 33.3 Å². The molecule has 3 aromatic rings. The number of carbonyl (C=O) groups is 2. The van der Waals surface area contributed by atoms with Gasteiger partial charge in [-0.05, 0) is 47.9 Å². The zero-order valence-corrected chi connectivity index (χ0v) is 18.3. The van der Waals surface area contributed by atoms with Gasteiger partial charge in [0.2, 0.25) is 0 Å². The summed E-state index contributed by atoms with van der Waals surface area (Å²) in [6.07, 6.45) is 0.600. The lowest BCUT2D eigenvalue weighted by molar-refractivity contribution is -0.141. The van der Waals surface area contributed by atoms with Crippen molar-refractivity contribution >= 4 is 33.3 Å². The van der Waals surface area contributed by atoms with E-state index >= 15 is 0 Å². The molecule has 0 saturated carbocycles. The Morgan fingerprint density at radius 2 is 1.87 bits per heavy atom. The summed E-state index contributed by atoms with van der Waals surface area (Å²) < 4.78 is 30.6. The molecule has 162 valence electrons. The Balaban J connectivity index is 1.76. The summed E-state index contributed by atoms with van der Waals surface area (Å²) in [5.74, 6) is 0.0923. The van der Waals surface area contributed by atoms with Crippen molar-refractivity contribution in [2.45, 2.75) is 18.9 Å². The second-order valence-electron chi connectivity index (χ2n) is 7.21. The quantitative estimate of drug-likeness (QED) is 0.548. The first-order chi connectivity index (χ1) is 15.0. The number of ether oxygens (including phenoxy) is 3. The van der Waals surface area contributed by atoms with Gasteiger partial charge in [-0.1, -0.05) is 6.07 Å². The minimum atomic E-state index is -0.529. The zero-order valence-electron chi connectivity index (χ0n) is 17.4. The molecular formula is C23H22FNO5S. The molecular weight excluding hydrogens is 421 g/mol. The van der Waals surface area contributed by atoms with Crippen molar-refractivity contribution < 1.29 is 28.2 Å². The molecule has 1 unspecified atom stereocenters. The van der Waals surface area contributed by atoms with Crippen LogP contribution in [0.15, 0.2) is 36.4 Å². The molecule has 0 fully saturated rings. The van der Waals surface area contributed by atoms with E-state index in [4.69, 9.17) is 14.2 Å². The van der Waals surface area contributed by atoms with Gasteiger partial charge in [0, 0.05) is 16.6 Å². The Bertz CT molecular complexity index is 1160. The zero-order chi connectivity index (χ0) is 22.1. The number of halogens is 1. The molecule has 0 radical (unpaired) electrons. The second kappa shape index (κ2) is 8.55. The lowest BCUT2D eigenvalue weighted by Crippen LogP contribution is -2.41. The summed E-state index contributed by atoms with van der Waals surface area (Å²) in [6.45, 7) is 0.416. The number of fused-ring (bicyclic) bond motifs is 2. The number of methoxy groups -OCH3 is 3. The van der Waals surface area contributed by atoms with Crippen molar-refractivity contribution in [2.24, 2.45) is 0 Å². The molecule has 1 amide bonds. The molecule has 0 aliphatic carbocycles. The SMILES string of the molecule is COC(=O)CC1c2cc(OC)c(OC)cc2CCN1C(=O)c1cc2c(F)cccc2s1. The number of esters is 1. The monoisotopic (exact) mass is 443 g/mol. The average molecular weight is 443 g/mol. The largest absolute Gasteiger partial charge is 0.493 e. The minimum Gasteiger partial charge on any atom is -0.493 e. The molecule has 1 aromatic heterocycles. The van der Waals surface area contributed by atoms with E-state index in [-0.39, 0.29) is 18.1 Å². The Hall–Kier alpha value is -3.13. The number of thiophene rings is 1. The van der Waals surface area contributed by atoms with E-state index in [9.17, 15) is 14.0 Å². The highest BCUT2D eigenvalue weighted by Crippen LogP contribution is 2.41. The molecule has 0 saturated heterocycles. The van der Waals surface area contributed by atoms with Crippen molar-refractivity contribution in [1.82, 2.24) is 4.90 Å². The molecule has 1 aliphatic rings. The van der Waals surface area contributed by atoms with Crippen LogP contribution in [0.4, 0.5) is 4.39 Å². The highest BCUT2D eigenvalue weighted by atomic mass is 32.1. The lowest BCUT2D eigenvalue weighted by atomic mass is 9.89. The third kappa shape index (κ3) is 3.83. The molecule has 2 aromatic carbocycles. The van der Waals surface area contributed by atoms with Gasteiger partial charge in [-0.15, -0.1) is 11.3 Å². The van der Waals surface area contributed by atoms with Gasteiger partial charge in [-0.25, -0.2) is 4.39 Å². The molecule has 0 N–H and O–H groups in total. The highest BCUT2D eigenvalue weighted by molar-refractivity contribution is 7.20. The first-order valence-electron chi connectivity index (χ1n) is 9.77. The smallest absolute Gasteiger partial charge is 0.307 e. The second-order valence-corrected chi connectivity index (χ2v) is 8.30. The van der Waals surface area contributed by atoms with Crippen LogP contribution < -0.4 is 9.47 Å². The maximum atomic E-state index is 14.1.